The van der Waals surface area contributed by atoms with Crippen molar-refractivity contribution in [3.05, 3.63) is 125 Å². The van der Waals surface area contributed by atoms with Crippen LogP contribution in [0.4, 0.5) is 10.1 Å². The quantitative estimate of drug-likeness (QED) is 0.152. The third-order valence-electron chi connectivity index (χ3n) is 7.65. The molecule has 1 N–H and O–H groups in total. The van der Waals surface area contributed by atoms with Crippen LogP contribution in [0, 0.1) is 5.82 Å². The molecule has 0 fully saturated rings. The van der Waals surface area contributed by atoms with E-state index in [-0.39, 0.29) is 35.5 Å². The van der Waals surface area contributed by atoms with Crippen molar-refractivity contribution < 1.29 is 27.1 Å². The van der Waals surface area contributed by atoms with Crippen LogP contribution in [0.2, 0.25) is 5.02 Å². The highest BCUT2D eigenvalue weighted by Crippen LogP contribution is 2.28. The minimum atomic E-state index is -4.29. The standard InChI is InChI=1S/C36H39ClFN3O5S/c1-4-26(3)39-36(43)34(23-27-9-7-6-8-10-27)40(24-28-11-15-30(38)16-12-28)35(42)25-41(31-17-19-32(20-18-31)46-5-2)47(44,45)33-21-13-29(37)14-22-33/h6-22,26,34H,4-5,23-25H2,1-3H3,(H,39,43). The number of carbonyl (C=O) groups is 2. The summed E-state index contributed by atoms with van der Waals surface area (Å²) < 4.78 is 48.7. The molecule has 2 amide bonds. The number of halogens is 2. The van der Waals surface area contributed by atoms with E-state index in [0.717, 1.165) is 9.87 Å². The summed E-state index contributed by atoms with van der Waals surface area (Å²) in [5.74, 6) is -0.917. The van der Waals surface area contributed by atoms with E-state index in [9.17, 15) is 22.4 Å². The Hall–Kier alpha value is -4.41. The Morgan fingerprint density at radius 2 is 1.51 bits per heavy atom. The molecule has 4 aromatic rings. The summed E-state index contributed by atoms with van der Waals surface area (Å²) in [5.41, 5.74) is 1.61. The van der Waals surface area contributed by atoms with Gasteiger partial charge in [-0.25, -0.2) is 12.8 Å². The summed E-state index contributed by atoms with van der Waals surface area (Å²) in [4.78, 5) is 29.7. The van der Waals surface area contributed by atoms with Gasteiger partial charge in [-0.1, -0.05) is 61.0 Å². The number of carbonyl (C=O) groups excluding carboxylic acids is 2. The molecular weight excluding hydrogens is 641 g/mol. The van der Waals surface area contributed by atoms with Crippen LogP contribution in [0.5, 0.6) is 5.75 Å². The van der Waals surface area contributed by atoms with Crippen molar-refractivity contribution in [1.82, 2.24) is 10.2 Å². The van der Waals surface area contributed by atoms with Crippen molar-refractivity contribution in [1.29, 1.82) is 0 Å². The molecule has 0 aliphatic rings. The number of hydrogen-bond acceptors (Lipinski definition) is 5. The Balaban J connectivity index is 1.80. The van der Waals surface area contributed by atoms with Gasteiger partial charge in [-0.3, -0.25) is 13.9 Å². The zero-order chi connectivity index (χ0) is 34.0. The molecule has 0 saturated heterocycles. The lowest BCUT2D eigenvalue weighted by atomic mass is 10.0. The first-order valence-electron chi connectivity index (χ1n) is 15.4. The topological polar surface area (TPSA) is 96.0 Å². The van der Waals surface area contributed by atoms with Gasteiger partial charge in [0.2, 0.25) is 11.8 Å². The number of benzene rings is 4. The fourth-order valence-electron chi connectivity index (χ4n) is 4.92. The molecule has 0 radical (unpaired) electrons. The molecule has 0 heterocycles. The van der Waals surface area contributed by atoms with E-state index in [2.05, 4.69) is 5.32 Å². The third kappa shape index (κ3) is 9.56. The maximum atomic E-state index is 14.5. The highest BCUT2D eigenvalue weighted by atomic mass is 35.5. The molecule has 47 heavy (non-hydrogen) atoms. The van der Waals surface area contributed by atoms with Crippen molar-refractivity contribution in [3.63, 3.8) is 0 Å². The second-order valence-electron chi connectivity index (χ2n) is 11.1. The van der Waals surface area contributed by atoms with Gasteiger partial charge in [0, 0.05) is 24.0 Å². The van der Waals surface area contributed by atoms with E-state index in [4.69, 9.17) is 16.3 Å². The van der Waals surface area contributed by atoms with E-state index < -0.39 is 34.3 Å². The minimum absolute atomic E-state index is 0.0657. The largest absolute Gasteiger partial charge is 0.494 e. The van der Waals surface area contributed by atoms with E-state index in [0.29, 0.717) is 29.4 Å². The van der Waals surface area contributed by atoms with Gasteiger partial charge in [0.25, 0.3) is 10.0 Å². The molecule has 2 unspecified atom stereocenters. The third-order valence-corrected chi connectivity index (χ3v) is 9.69. The van der Waals surface area contributed by atoms with Crippen molar-refractivity contribution in [2.24, 2.45) is 0 Å². The molecule has 4 aromatic carbocycles. The van der Waals surface area contributed by atoms with Gasteiger partial charge >= 0.3 is 0 Å². The van der Waals surface area contributed by atoms with Gasteiger partial charge in [-0.2, -0.15) is 0 Å². The Labute approximate surface area is 281 Å². The molecule has 0 bridgehead atoms. The van der Waals surface area contributed by atoms with Crippen LogP contribution in [0.1, 0.15) is 38.3 Å². The molecule has 0 spiro atoms. The van der Waals surface area contributed by atoms with Gasteiger partial charge in [-0.05, 0) is 92.1 Å². The monoisotopic (exact) mass is 679 g/mol. The lowest BCUT2D eigenvalue weighted by molar-refractivity contribution is -0.140. The first kappa shape index (κ1) is 35.4. The number of nitrogens with zero attached hydrogens (tertiary/aromatic N) is 2. The van der Waals surface area contributed by atoms with Crippen LogP contribution in [-0.4, -0.2) is 50.4 Å². The summed E-state index contributed by atoms with van der Waals surface area (Å²) in [6, 6.07) is 25.8. The van der Waals surface area contributed by atoms with Crippen LogP contribution in [0.25, 0.3) is 0 Å². The fraction of sp³-hybridized carbons (Fsp3) is 0.278. The highest BCUT2D eigenvalue weighted by molar-refractivity contribution is 7.92. The number of anilines is 1. The fourth-order valence-corrected chi connectivity index (χ4v) is 6.46. The molecule has 0 aliphatic heterocycles. The second kappa shape index (κ2) is 16.4. The van der Waals surface area contributed by atoms with Crippen LogP contribution in [0.15, 0.2) is 108 Å². The smallest absolute Gasteiger partial charge is 0.264 e. The Morgan fingerprint density at radius 1 is 0.872 bits per heavy atom. The van der Waals surface area contributed by atoms with Crippen molar-refractivity contribution in [2.75, 3.05) is 17.5 Å². The summed E-state index contributed by atoms with van der Waals surface area (Å²) in [5, 5.41) is 3.35. The number of sulfonamides is 1. The van der Waals surface area contributed by atoms with Gasteiger partial charge in [0.15, 0.2) is 0 Å². The van der Waals surface area contributed by atoms with Crippen LogP contribution in [-0.2, 0) is 32.6 Å². The minimum Gasteiger partial charge on any atom is -0.494 e. The summed E-state index contributed by atoms with van der Waals surface area (Å²) >= 11 is 6.05. The average Bonchev–Trinajstić information content (AvgIpc) is 3.07. The van der Waals surface area contributed by atoms with E-state index in [1.54, 1.807) is 24.3 Å². The predicted molar refractivity (Wildman–Crippen MR) is 182 cm³/mol. The molecule has 248 valence electrons. The van der Waals surface area contributed by atoms with Gasteiger partial charge in [0.1, 0.15) is 24.2 Å². The highest BCUT2D eigenvalue weighted by Gasteiger charge is 2.35. The first-order valence-corrected chi connectivity index (χ1v) is 17.2. The van der Waals surface area contributed by atoms with Crippen molar-refractivity contribution >= 4 is 39.1 Å². The molecule has 8 nitrogen and oxygen atoms in total. The average molecular weight is 680 g/mol. The molecular formula is C36H39ClFN3O5S. The SMILES string of the molecule is CCOc1ccc(N(CC(=O)N(Cc2ccc(F)cc2)C(Cc2ccccc2)C(=O)NC(C)CC)S(=O)(=O)c2ccc(Cl)cc2)cc1. The predicted octanol–water partition coefficient (Wildman–Crippen LogP) is 6.63. The number of hydrogen-bond donors (Lipinski definition) is 1. The summed E-state index contributed by atoms with van der Waals surface area (Å²) in [7, 11) is -4.29. The number of nitrogens with one attached hydrogen (secondary N) is 1. The van der Waals surface area contributed by atoms with Gasteiger partial charge in [0.05, 0.1) is 17.2 Å². The molecule has 0 saturated carbocycles. The van der Waals surface area contributed by atoms with Crippen molar-refractivity contribution in [2.45, 2.75) is 57.1 Å². The van der Waals surface area contributed by atoms with E-state index in [1.165, 1.54) is 53.4 Å². The first-order chi connectivity index (χ1) is 22.5. The lowest BCUT2D eigenvalue weighted by Crippen LogP contribution is -2.54. The Morgan fingerprint density at radius 3 is 2.11 bits per heavy atom. The molecule has 4 rings (SSSR count). The maximum absolute atomic E-state index is 14.5. The zero-order valence-electron chi connectivity index (χ0n) is 26.6. The van der Waals surface area contributed by atoms with Crippen LogP contribution >= 0.6 is 11.6 Å². The normalized spacial score (nSPS) is 12.5. The molecule has 0 aliphatic carbocycles. The lowest BCUT2D eigenvalue weighted by Gasteiger charge is -2.34. The number of amides is 2. The molecule has 0 aromatic heterocycles. The second-order valence-corrected chi connectivity index (χ2v) is 13.4. The van der Waals surface area contributed by atoms with E-state index >= 15 is 0 Å². The van der Waals surface area contributed by atoms with Crippen molar-refractivity contribution in [3.8, 4) is 5.75 Å². The molecule has 11 heteroatoms. The number of ether oxygens (including phenoxy) is 1. The summed E-state index contributed by atoms with van der Waals surface area (Å²) in [6.07, 6.45) is 0.837. The Kier molecular flexibility index (Phi) is 12.4. The summed E-state index contributed by atoms with van der Waals surface area (Å²) in [6.45, 7) is 5.38. The zero-order valence-corrected chi connectivity index (χ0v) is 28.2. The molecule has 2 atom stereocenters. The number of rotatable bonds is 15. The Bertz CT molecular complexity index is 1720. The maximum Gasteiger partial charge on any atom is 0.264 e. The van der Waals surface area contributed by atoms with E-state index in [1.807, 2.05) is 51.1 Å². The van der Waals surface area contributed by atoms with Crippen LogP contribution < -0.4 is 14.4 Å². The van der Waals surface area contributed by atoms with Gasteiger partial charge < -0.3 is 15.0 Å². The van der Waals surface area contributed by atoms with Gasteiger partial charge in [-0.15, -0.1) is 0 Å². The van der Waals surface area contributed by atoms with Crippen LogP contribution in [0.3, 0.4) is 0 Å².